The average Bonchev–Trinajstić information content (AvgIpc) is 3.02. The zero-order chi connectivity index (χ0) is 18.8. The van der Waals surface area contributed by atoms with Crippen molar-refractivity contribution in [2.75, 3.05) is 20.2 Å². The molecule has 0 radical (unpaired) electrons. The van der Waals surface area contributed by atoms with Gasteiger partial charge in [0.1, 0.15) is 17.3 Å². The molecular formula is C22H21Cl2NO2. The van der Waals surface area contributed by atoms with Crippen LogP contribution in [0.5, 0.6) is 5.75 Å². The third-order valence-electron chi connectivity index (χ3n) is 5.05. The molecule has 27 heavy (non-hydrogen) atoms. The third kappa shape index (κ3) is 4.16. The summed E-state index contributed by atoms with van der Waals surface area (Å²) in [6.07, 6.45) is 2.05. The van der Waals surface area contributed by atoms with E-state index in [2.05, 4.69) is 17.0 Å². The highest BCUT2D eigenvalue weighted by molar-refractivity contribution is 6.36. The van der Waals surface area contributed by atoms with E-state index in [1.807, 2.05) is 30.3 Å². The van der Waals surface area contributed by atoms with Crippen LogP contribution in [0.15, 0.2) is 52.9 Å². The van der Waals surface area contributed by atoms with E-state index in [1.165, 1.54) is 11.1 Å². The van der Waals surface area contributed by atoms with Gasteiger partial charge < -0.3 is 9.15 Å². The molecule has 2 aromatic carbocycles. The van der Waals surface area contributed by atoms with E-state index in [0.717, 1.165) is 55.3 Å². The van der Waals surface area contributed by atoms with Crippen molar-refractivity contribution in [2.45, 2.75) is 19.4 Å². The maximum atomic E-state index is 6.30. The SMILES string of the molecule is COc1ccc2c(c1)CCN(Cc1ccc(-c3ccc(Cl)cc3Cl)o1)CC2. The van der Waals surface area contributed by atoms with Crippen LogP contribution >= 0.6 is 23.2 Å². The Balaban J connectivity index is 1.45. The first-order valence-electron chi connectivity index (χ1n) is 9.04. The Kier molecular flexibility index (Phi) is 5.44. The minimum absolute atomic E-state index is 0.600. The Hall–Kier alpha value is -1.94. The second-order valence-electron chi connectivity index (χ2n) is 6.80. The molecule has 3 nitrogen and oxygen atoms in total. The summed E-state index contributed by atoms with van der Waals surface area (Å²) < 4.78 is 11.4. The predicted octanol–water partition coefficient (Wildman–Crippen LogP) is 5.86. The summed E-state index contributed by atoms with van der Waals surface area (Å²) in [7, 11) is 1.71. The maximum Gasteiger partial charge on any atom is 0.135 e. The van der Waals surface area contributed by atoms with Gasteiger partial charge in [-0.05, 0) is 66.4 Å². The Morgan fingerprint density at radius 3 is 2.56 bits per heavy atom. The molecule has 0 atom stereocenters. The van der Waals surface area contributed by atoms with E-state index in [1.54, 1.807) is 13.2 Å². The molecule has 5 heteroatoms. The molecule has 1 aromatic heterocycles. The lowest BCUT2D eigenvalue weighted by atomic mass is 10.0. The number of methoxy groups -OCH3 is 1. The fourth-order valence-electron chi connectivity index (χ4n) is 3.55. The van der Waals surface area contributed by atoms with Gasteiger partial charge >= 0.3 is 0 Å². The third-order valence-corrected chi connectivity index (χ3v) is 5.59. The lowest BCUT2D eigenvalue weighted by Crippen LogP contribution is -2.25. The van der Waals surface area contributed by atoms with Crippen LogP contribution in [0.3, 0.4) is 0 Å². The number of hydrogen-bond acceptors (Lipinski definition) is 3. The summed E-state index contributed by atoms with van der Waals surface area (Å²) in [5.41, 5.74) is 3.65. The van der Waals surface area contributed by atoms with Crippen LogP contribution < -0.4 is 4.74 Å². The molecule has 0 saturated carbocycles. The first-order chi connectivity index (χ1) is 13.1. The van der Waals surface area contributed by atoms with E-state index < -0.39 is 0 Å². The minimum Gasteiger partial charge on any atom is -0.497 e. The highest BCUT2D eigenvalue weighted by Crippen LogP contribution is 2.32. The lowest BCUT2D eigenvalue weighted by molar-refractivity contribution is 0.256. The Morgan fingerprint density at radius 2 is 1.78 bits per heavy atom. The second kappa shape index (κ2) is 7.97. The van der Waals surface area contributed by atoms with Crippen LogP contribution in [-0.4, -0.2) is 25.1 Å². The van der Waals surface area contributed by atoms with Crippen molar-refractivity contribution in [3.05, 3.63) is 75.5 Å². The van der Waals surface area contributed by atoms with Gasteiger partial charge in [0.05, 0.1) is 18.7 Å². The second-order valence-corrected chi connectivity index (χ2v) is 7.64. The molecule has 1 aliphatic heterocycles. The predicted molar refractivity (Wildman–Crippen MR) is 110 cm³/mol. The van der Waals surface area contributed by atoms with E-state index >= 15 is 0 Å². The molecule has 0 unspecified atom stereocenters. The fraction of sp³-hybridized carbons (Fsp3) is 0.273. The van der Waals surface area contributed by atoms with E-state index in [4.69, 9.17) is 32.4 Å². The Morgan fingerprint density at radius 1 is 0.963 bits per heavy atom. The van der Waals surface area contributed by atoms with Gasteiger partial charge in [0.25, 0.3) is 0 Å². The van der Waals surface area contributed by atoms with Gasteiger partial charge in [-0.15, -0.1) is 0 Å². The number of hydrogen-bond donors (Lipinski definition) is 0. The van der Waals surface area contributed by atoms with Crippen molar-refractivity contribution in [1.29, 1.82) is 0 Å². The maximum absolute atomic E-state index is 6.30. The molecule has 0 saturated heterocycles. The first-order valence-corrected chi connectivity index (χ1v) is 9.80. The topological polar surface area (TPSA) is 25.6 Å². The number of ether oxygens (including phenoxy) is 1. The number of rotatable bonds is 4. The highest BCUT2D eigenvalue weighted by atomic mass is 35.5. The van der Waals surface area contributed by atoms with Crippen molar-refractivity contribution >= 4 is 23.2 Å². The monoisotopic (exact) mass is 401 g/mol. The van der Waals surface area contributed by atoms with E-state index in [0.29, 0.717) is 10.0 Å². The molecule has 0 spiro atoms. The molecule has 140 valence electrons. The van der Waals surface area contributed by atoms with E-state index in [-0.39, 0.29) is 0 Å². The number of nitrogens with zero attached hydrogens (tertiary/aromatic N) is 1. The van der Waals surface area contributed by atoms with Crippen molar-refractivity contribution in [3.8, 4) is 17.1 Å². The van der Waals surface area contributed by atoms with E-state index in [9.17, 15) is 0 Å². The largest absolute Gasteiger partial charge is 0.497 e. The summed E-state index contributed by atoms with van der Waals surface area (Å²) in [5.74, 6) is 2.65. The van der Waals surface area contributed by atoms with Gasteiger partial charge in [-0.25, -0.2) is 0 Å². The van der Waals surface area contributed by atoms with Crippen LogP contribution in [0.25, 0.3) is 11.3 Å². The summed E-state index contributed by atoms with van der Waals surface area (Å²) in [4.78, 5) is 2.43. The van der Waals surface area contributed by atoms with Gasteiger partial charge in [-0.3, -0.25) is 4.90 Å². The average molecular weight is 402 g/mol. The molecule has 1 aliphatic rings. The summed E-state index contributed by atoms with van der Waals surface area (Å²) in [6.45, 7) is 2.80. The van der Waals surface area contributed by atoms with Crippen LogP contribution in [0.4, 0.5) is 0 Å². The van der Waals surface area contributed by atoms with Gasteiger partial charge in [0.15, 0.2) is 0 Å². The molecule has 0 N–H and O–H groups in total. The standard InChI is InChI=1S/C22H21Cl2NO2/c1-26-18-4-2-15-8-10-25(11-9-16(15)12-18)14-19-5-7-22(27-19)20-6-3-17(23)13-21(20)24/h2-7,12-13H,8-11,14H2,1H3. The number of fused-ring (bicyclic) bond motifs is 1. The normalized spacial score (nSPS) is 14.6. The van der Waals surface area contributed by atoms with Gasteiger partial charge in [0.2, 0.25) is 0 Å². The minimum atomic E-state index is 0.600. The van der Waals surface area contributed by atoms with Gasteiger partial charge in [-0.1, -0.05) is 29.3 Å². The Labute approximate surface area is 169 Å². The summed E-state index contributed by atoms with van der Waals surface area (Å²) in [5, 5.41) is 1.22. The molecule has 0 bridgehead atoms. The molecule has 0 amide bonds. The number of benzene rings is 2. The summed E-state index contributed by atoms with van der Waals surface area (Å²) >= 11 is 12.3. The van der Waals surface area contributed by atoms with Crippen LogP contribution in [0.2, 0.25) is 10.0 Å². The smallest absolute Gasteiger partial charge is 0.135 e. The zero-order valence-electron chi connectivity index (χ0n) is 15.2. The highest BCUT2D eigenvalue weighted by Gasteiger charge is 2.17. The first kappa shape index (κ1) is 18.4. The van der Waals surface area contributed by atoms with Crippen molar-refractivity contribution in [3.63, 3.8) is 0 Å². The Bertz CT molecular complexity index is 951. The number of halogens is 2. The lowest BCUT2D eigenvalue weighted by Gasteiger charge is -2.18. The molecule has 2 heterocycles. The van der Waals surface area contributed by atoms with Gasteiger partial charge in [-0.2, -0.15) is 0 Å². The summed E-state index contributed by atoms with van der Waals surface area (Å²) in [6, 6.07) is 15.8. The molecular weight excluding hydrogens is 381 g/mol. The molecule has 3 aromatic rings. The van der Waals surface area contributed by atoms with Crippen molar-refractivity contribution < 1.29 is 9.15 Å². The fourth-order valence-corrected chi connectivity index (χ4v) is 4.05. The molecule has 0 aliphatic carbocycles. The quantitative estimate of drug-likeness (QED) is 0.547. The van der Waals surface area contributed by atoms with Crippen LogP contribution in [-0.2, 0) is 19.4 Å². The van der Waals surface area contributed by atoms with Crippen LogP contribution in [0.1, 0.15) is 16.9 Å². The van der Waals surface area contributed by atoms with Crippen molar-refractivity contribution in [2.24, 2.45) is 0 Å². The van der Waals surface area contributed by atoms with Gasteiger partial charge in [0, 0.05) is 23.7 Å². The molecule has 0 fully saturated rings. The molecule has 4 rings (SSSR count). The van der Waals surface area contributed by atoms with Crippen LogP contribution in [0, 0.1) is 0 Å². The zero-order valence-corrected chi connectivity index (χ0v) is 16.7. The number of furan rings is 1. The van der Waals surface area contributed by atoms with Crippen molar-refractivity contribution in [1.82, 2.24) is 4.90 Å².